The highest BCUT2D eigenvalue weighted by Gasteiger charge is 2.31. The zero-order valence-corrected chi connectivity index (χ0v) is 18.9. The van der Waals surface area contributed by atoms with Crippen molar-refractivity contribution in [2.75, 3.05) is 19.7 Å². The number of piperidine rings is 1. The van der Waals surface area contributed by atoms with Gasteiger partial charge in [-0.1, -0.05) is 6.07 Å². The zero-order valence-electron chi connectivity index (χ0n) is 18.1. The maximum atomic E-state index is 13.1. The number of alkyl halides is 3. The molecular formula is C22H21F3N4O4S. The smallest absolute Gasteiger partial charge is 0.416 e. The number of nitrogens with zero attached hydrogens (tertiary/aromatic N) is 3. The Balaban J connectivity index is 1.47. The van der Waals surface area contributed by atoms with E-state index in [2.05, 4.69) is 5.10 Å². The van der Waals surface area contributed by atoms with Crippen molar-refractivity contribution in [1.82, 2.24) is 14.7 Å². The summed E-state index contributed by atoms with van der Waals surface area (Å²) in [4.78, 5) is 38.4. The van der Waals surface area contributed by atoms with Gasteiger partial charge in [-0.2, -0.15) is 18.3 Å². The van der Waals surface area contributed by atoms with Gasteiger partial charge in [0, 0.05) is 24.4 Å². The van der Waals surface area contributed by atoms with Gasteiger partial charge in [0.2, 0.25) is 5.91 Å². The molecule has 12 heteroatoms. The molecule has 0 bridgehead atoms. The van der Waals surface area contributed by atoms with Crippen LogP contribution in [0, 0.1) is 12.8 Å². The topological polar surface area (TPSA) is 108 Å². The number of rotatable bonds is 5. The van der Waals surface area contributed by atoms with Gasteiger partial charge in [0.25, 0.3) is 5.91 Å². The first kappa shape index (κ1) is 23.7. The predicted octanol–water partition coefficient (Wildman–Crippen LogP) is 3.29. The minimum atomic E-state index is -4.50. The molecule has 1 aromatic carbocycles. The van der Waals surface area contributed by atoms with Gasteiger partial charge < -0.3 is 15.4 Å². The summed E-state index contributed by atoms with van der Waals surface area (Å²) in [5.41, 5.74) is 5.24. The Morgan fingerprint density at radius 1 is 1.21 bits per heavy atom. The van der Waals surface area contributed by atoms with Crippen LogP contribution >= 0.6 is 11.3 Å². The molecule has 2 amide bonds. The lowest BCUT2D eigenvalue weighted by Gasteiger charge is -2.30. The average molecular weight is 494 g/mol. The lowest BCUT2D eigenvalue weighted by molar-refractivity contribution is -0.138. The fourth-order valence-corrected chi connectivity index (χ4v) is 4.92. The predicted molar refractivity (Wildman–Crippen MR) is 117 cm³/mol. The number of fused-ring (bicyclic) bond motifs is 1. The van der Waals surface area contributed by atoms with E-state index in [1.54, 1.807) is 13.0 Å². The third-order valence-corrected chi connectivity index (χ3v) is 6.83. The second-order valence-corrected chi connectivity index (χ2v) is 9.04. The van der Waals surface area contributed by atoms with Crippen molar-refractivity contribution in [2.24, 2.45) is 11.7 Å². The van der Waals surface area contributed by atoms with Crippen LogP contribution in [0.3, 0.4) is 0 Å². The van der Waals surface area contributed by atoms with Crippen LogP contribution in [-0.2, 0) is 20.5 Å². The van der Waals surface area contributed by atoms with Crippen LogP contribution in [0.2, 0.25) is 0 Å². The number of primary amides is 1. The Labute approximate surface area is 196 Å². The Morgan fingerprint density at radius 2 is 1.91 bits per heavy atom. The number of thiophene rings is 1. The first-order valence-electron chi connectivity index (χ1n) is 10.5. The zero-order chi connectivity index (χ0) is 24.6. The van der Waals surface area contributed by atoms with Gasteiger partial charge in [-0.25, -0.2) is 9.48 Å². The second-order valence-electron chi connectivity index (χ2n) is 8.01. The van der Waals surface area contributed by atoms with Gasteiger partial charge in [-0.15, -0.1) is 11.3 Å². The van der Waals surface area contributed by atoms with Crippen molar-refractivity contribution < 1.29 is 32.3 Å². The summed E-state index contributed by atoms with van der Waals surface area (Å²) in [6.07, 6.45) is -3.56. The molecule has 0 radical (unpaired) electrons. The first-order valence-corrected chi connectivity index (χ1v) is 11.3. The van der Waals surface area contributed by atoms with E-state index < -0.39 is 24.3 Å². The van der Waals surface area contributed by atoms with Gasteiger partial charge in [0.15, 0.2) is 6.61 Å². The number of amides is 2. The third-order valence-electron chi connectivity index (χ3n) is 5.74. The number of nitrogens with two attached hydrogens (primary N) is 1. The number of likely N-dealkylation sites (tertiary alicyclic amines) is 1. The van der Waals surface area contributed by atoms with Crippen molar-refractivity contribution in [2.45, 2.75) is 25.9 Å². The molecule has 0 atom stereocenters. The average Bonchev–Trinajstić information content (AvgIpc) is 3.37. The number of hydrogen-bond donors (Lipinski definition) is 1. The van der Waals surface area contributed by atoms with Crippen molar-refractivity contribution in [3.63, 3.8) is 0 Å². The van der Waals surface area contributed by atoms with Crippen molar-refractivity contribution in [3.05, 3.63) is 46.5 Å². The van der Waals surface area contributed by atoms with Crippen LogP contribution < -0.4 is 5.73 Å². The van der Waals surface area contributed by atoms with E-state index in [9.17, 15) is 27.6 Å². The first-order chi connectivity index (χ1) is 16.0. The summed E-state index contributed by atoms with van der Waals surface area (Å²) in [6.45, 7) is 1.96. The van der Waals surface area contributed by atoms with E-state index in [1.165, 1.54) is 21.7 Å². The molecule has 2 aromatic heterocycles. The summed E-state index contributed by atoms with van der Waals surface area (Å²) in [5, 5.41) is 4.92. The third kappa shape index (κ3) is 4.76. The molecule has 0 saturated carbocycles. The molecule has 0 aliphatic carbocycles. The monoisotopic (exact) mass is 494 g/mol. The number of halogens is 3. The fraction of sp³-hybridized carbons (Fsp3) is 0.364. The van der Waals surface area contributed by atoms with Crippen LogP contribution in [0.1, 0.15) is 33.8 Å². The van der Waals surface area contributed by atoms with E-state index >= 15 is 0 Å². The molecule has 1 aliphatic rings. The molecule has 0 unspecified atom stereocenters. The van der Waals surface area contributed by atoms with E-state index in [-0.39, 0.29) is 28.3 Å². The van der Waals surface area contributed by atoms with Gasteiger partial charge in [-0.3, -0.25) is 9.59 Å². The highest BCUT2D eigenvalue weighted by Crippen LogP contribution is 2.34. The van der Waals surface area contributed by atoms with Gasteiger partial charge in [0.1, 0.15) is 9.71 Å². The Kier molecular flexibility index (Phi) is 6.34. The Morgan fingerprint density at radius 3 is 2.56 bits per heavy atom. The van der Waals surface area contributed by atoms with Crippen molar-refractivity contribution in [3.8, 4) is 5.69 Å². The summed E-state index contributed by atoms with van der Waals surface area (Å²) >= 11 is 1.02. The molecule has 1 aliphatic heterocycles. The Hall–Kier alpha value is -3.41. The molecule has 0 spiro atoms. The molecule has 1 saturated heterocycles. The minimum absolute atomic E-state index is 0.205. The molecule has 1 fully saturated rings. The number of hydrogen-bond acceptors (Lipinski definition) is 6. The molecule has 2 N–H and O–H groups in total. The number of aryl methyl sites for hydroxylation is 1. The normalized spacial score (nSPS) is 15.0. The van der Waals surface area contributed by atoms with Crippen LogP contribution in [0.4, 0.5) is 13.2 Å². The quantitative estimate of drug-likeness (QED) is 0.548. The number of esters is 1. The molecule has 4 rings (SSSR count). The van der Waals surface area contributed by atoms with Gasteiger partial charge >= 0.3 is 12.1 Å². The maximum Gasteiger partial charge on any atom is 0.416 e. The SMILES string of the molecule is Cc1nn(-c2cccc(C(F)(F)F)c2)c2sc(C(=O)OCC(=O)N3CCC(C(N)=O)CC3)cc12. The fourth-order valence-electron chi connectivity index (χ4n) is 3.84. The van der Waals surface area contributed by atoms with Gasteiger partial charge in [0.05, 0.1) is 16.9 Å². The van der Waals surface area contributed by atoms with Crippen LogP contribution in [-0.4, -0.2) is 52.2 Å². The van der Waals surface area contributed by atoms with Crippen molar-refractivity contribution >= 4 is 39.3 Å². The molecule has 180 valence electrons. The molecule has 3 heterocycles. The van der Waals surface area contributed by atoms with E-state index in [1.807, 2.05) is 0 Å². The molecule has 3 aromatic rings. The Bertz CT molecular complexity index is 1260. The van der Waals surface area contributed by atoms with E-state index in [0.29, 0.717) is 41.8 Å². The summed E-state index contributed by atoms with van der Waals surface area (Å²) < 4.78 is 45.9. The highest BCUT2D eigenvalue weighted by molar-refractivity contribution is 7.20. The van der Waals surface area contributed by atoms with Crippen molar-refractivity contribution in [1.29, 1.82) is 0 Å². The number of benzene rings is 1. The number of ether oxygens (including phenoxy) is 1. The number of carbonyl (C=O) groups is 3. The van der Waals surface area contributed by atoms with Crippen LogP contribution in [0.5, 0.6) is 0 Å². The van der Waals surface area contributed by atoms with Crippen LogP contribution in [0.25, 0.3) is 15.9 Å². The van der Waals surface area contributed by atoms with E-state index in [0.717, 1.165) is 23.5 Å². The minimum Gasteiger partial charge on any atom is -0.451 e. The lowest BCUT2D eigenvalue weighted by Crippen LogP contribution is -2.43. The molecular weight excluding hydrogens is 473 g/mol. The highest BCUT2D eigenvalue weighted by atomic mass is 32.1. The van der Waals surface area contributed by atoms with Crippen LogP contribution in [0.15, 0.2) is 30.3 Å². The summed E-state index contributed by atoms with van der Waals surface area (Å²) in [6, 6.07) is 6.31. The molecule has 34 heavy (non-hydrogen) atoms. The lowest BCUT2D eigenvalue weighted by atomic mass is 9.96. The summed E-state index contributed by atoms with van der Waals surface area (Å²) in [5.74, 6) is -1.73. The van der Waals surface area contributed by atoms with Gasteiger partial charge in [-0.05, 0) is 44.0 Å². The molecule has 8 nitrogen and oxygen atoms in total. The summed E-state index contributed by atoms with van der Waals surface area (Å²) in [7, 11) is 0. The standard InChI is InChI=1S/C22H21F3N4O4S/c1-12-16-10-17(21(32)33-11-18(30)28-7-5-13(6-8-28)19(26)31)34-20(16)29(27-12)15-4-2-3-14(9-15)22(23,24)25/h2-4,9-10,13H,5-8,11H2,1H3,(H2,26,31). The second kappa shape index (κ2) is 9.09. The number of aromatic nitrogens is 2. The maximum absolute atomic E-state index is 13.1. The van der Waals surface area contributed by atoms with E-state index in [4.69, 9.17) is 10.5 Å². The number of carbonyl (C=O) groups excluding carboxylic acids is 3. The largest absolute Gasteiger partial charge is 0.451 e.